The maximum Gasteiger partial charge on any atom is 0.410 e. The molecule has 2 fully saturated rings. The summed E-state index contributed by atoms with van der Waals surface area (Å²) in [4.78, 5) is 14.4. The lowest BCUT2D eigenvalue weighted by Gasteiger charge is -2.50. The molecule has 4 heteroatoms. The standard InChI is InChI=1S/C15H28N2O2/c1-14(2,3)19-13(18)17-11-5-4-8-15(17)9-6-12(16)7-10-15/h12H,4-11,16H2,1-3H3. The Labute approximate surface area is 116 Å². The van der Waals surface area contributed by atoms with Crippen LogP contribution in [-0.2, 0) is 4.74 Å². The Hall–Kier alpha value is -0.770. The van der Waals surface area contributed by atoms with Gasteiger partial charge in [0.15, 0.2) is 0 Å². The van der Waals surface area contributed by atoms with Gasteiger partial charge in [0.25, 0.3) is 0 Å². The minimum Gasteiger partial charge on any atom is -0.444 e. The molecule has 2 rings (SSSR count). The van der Waals surface area contributed by atoms with E-state index in [1.165, 1.54) is 6.42 Å². The van der Waals surface area contributed by atoms with Crippen molar-refractivity contribution in [2.24, 2.45) is 5.73 Å². The van der Waals surface area contributed by atoms with Crippen LogP contribution >= 0.6 is 0 Å². The van der Waals surface area contributed by atoms with Crippen LogP contribution < -0.4 is 5.73 Å². The van der Waals surface area contributed by atoms with Gasteiger partial charge in [0.05, 0.1) is 0 Å². The molecule has 1 aliphatic carbocycles. The largest absolute Gasteiger partial charge is 0.444 e. The highest BCUT2D eigenvalue weighted by Crippen LogP contribution is 2.40. The van der Waals surface area contributed by atoms with E-state index in [1.54, 1.807) is 0 Å². The Morgan fingerprint density at radius 1 is 1.21 bits per heavy atom. The van der Waals surface area contributed by atoms with E-state index >= 15 is 0 Å². The Morgan fingerprint density at radius 2 is 1.84 bits per heavy atom. The highest BCUT2D eigenvalue weighted by atomic mass is 16.6. The number of nitrogens with two attached hydrogens (primary N) is 1. The molecule has 1 aliphatic heterocycles. The number of piperidine rings is 1. The third-order valence-electron chi connectivity index (χ3n) is 4.42. The molecule has 1 spiro atoms. The highest BCUT2D eigenvalue weighted by molar-refractivity contribution is 5.69. The summed E-state index contributed by atoms with van der Waals surface area (Å²) < 4.78 is 5.59. The van der Waals surface area contributed by atoms with Crippen molar-refractivity contribution in [3.05, 3.63) is 0 Å². The topological polar surface area (TPSA) is 55.6 Å². The molecular formula is C15H28N2O2. The molecule has 0 aromatic rings. The molecule has 0 aromatic heterocycles. The van der Waals surface area contributed by atoms with E-state index in [4.69, 9.17) is 10.5 Å². The van der Waals surface area contributed by atoms with Crippen molar-refractivity contribution in [2.75, 3.05) is 6.54 Å². The number of rotatable bonds is 0. The first kappa shape index (κ1) is 14.6. The van der Waals surface area contributed by atoms with Crippen molar-refractivity contribution >= 4 is 6.09 Å². The maximum atomic E-state index is 12.4. The van der Waals surface area contributed by atoms with Gasteiger partial charge in [-0.15, -0.1) is 0 Å². The minimum absolute atomic E-state index is 0.0243. The van der Waals surface area contributed by atoms with Gasteiger partial charge in [-0.25, -0.2) is 4.79 Å². The third-order valence-corrected chi connectivity index (χ3v) is 4.42. The molecule has 0 aromatic carbocycles. The Balaban J connectivity index is 2.10. The summed E-state index contributed by atoms with van der Waals surface area (Å²) in [5.74, 6) is 0. The average Bonchev–Trinajstić information content (AvgIpc) is 2.31. The molecular weight excluding hydrogens is 240 g/mol. The minimum atomic E-state index is -0.416. The van der Waals surface area contributed by atoms with Crippen LogP contribution in [0.25, 0.3) is 0 Å². The lowest BCUT2D eigenvalue weighted by Crippen LogP contribution is -2.58. The first-order chi connectivity index (χ1) is 8.82. The van der Waals surface area contributed by atoms with E-state index in [9.17, 15) is 4.79 Å². The van der Waals surface area contributed by atoms with Crippen molar-refractivity contribution in [3.63, 3.8) is 0 Å². The average molecular weight is 268 g/mol. The lowest BCUT2D eigenvalue weighted by atomic mass is 9.73. The predicted octanol–water partition coefficient (Wildman–Crippen LogP) is 3.05. The van der Waals surface area contributed by atoms with Gasteiger partial charge in [-0.2, -0.15) is 0 Å². The van der Waals surface area contributed by atoms with Gasteiger partial charge in [0, 0.05) is 18.1 Å². The van der Waals surface area contributed by atoms with Gasteiger partial charge in [-0.1, -0.05) is 0 Å². The van der Waals surface area contributed by atoms with E-state index in [0.29, 0.717) is 6.04 Å². The fraction of sp³-hybridized carbons (Fsp3) is 0.933. The zero-order valence-electron chi connectivity index (χ0n) is 12.6. The van der Waals surface area contributed by atoms with Gasteiger partial charge >= 0.3 is 6.09 Å². The number of likely N-dealkylation sites (tertiary alicyclic amines) is 1. The molecule has 19 heavy (non-hydrogen) atoms. The smallest absolute Gasteiger partial charge is 0.410 e. The molecule has 4 nitrogen and oxygen atoms in total. The molecule has 2 N–H and O–H groups in total. The van der Waals surface area contributed by atoms with Crippen molar-refractivity contribution < 1.29 is 9.53 Å². The van der Waals surface area contributed by atoms with E-state index < -0.39 is 5.60 Å². The van der Waals surface area contributed by atoms with Crippen molar-refractivity contribution in [1.29, 1.82) is 0 Å². The second kappa shape index (κ2) is 5.31. The highest BCUT2D eigenvalue weighted by Gasteiger charge is 2.44. The molecule has 1 amide bonds. The fourth-order valence-corrected chi connectivity index (χ4v) is 3.40. The maximum absolute atomic E-state index is 12.4. The predicted molar refractivity (Wildman–Crippen MR) is 76.0 cm³/mol. The van der Waals surface area contributed by atoms with Gasteiger partial charge < -0.3 is 15.4 Å². The molecule has 0 radical (unpaired) electrons. The summed E-state index contributed by atoms with van der Waals surface area (Å²) in [6.45, 7) is 6.62. The summed E-state index contributed by atoms with van der Waals surface area (Å²) in [7, 11) is 0. The summed E-state index contributed by atoms with van der Waals surface area (Å²) in [6, 6.07) is 0.313. The second-order valence-electron chi connectivity index (χ2n) is 7.15. The van der Waals surface area contributed by atoms with Gasteiger partial charge in [0.2, 0.25) is 0 Å². The van der Waals surface area contributed by atoms with Crippen LogP contribution in [0.1, 0.15) is 65.7 Å². The fourth-order valence-electron chi connectivity index (χ4n) is 3.40. The zero-order valence-corrected chi connectivity index (χ0v) is 12.6. The summed E-state index contributed by atoms with van der Waals surface area (Å²) in [5, 5.41) is 0. The van der Waals surface area contributed by atoms with Crippen LogP contribution in [0.4, 0.5) is 4.79 Å². The monoisotopic (exact) mass is 268 g/mol. The van der Waals surface area contributed by atoms with Crippen LogP contribution in [0.15, 0.2) is 0 Å². The number of carbonyl (C=O) groups excluding carboxylic acids is 1. The van der Waals surface area contributed by atoms with Crippen molar-refractivity contribution in [2.45, 2.75) is 82.9 Å². The second-order valence-corrected chi connectivity index (χ2v) is 7.15. The quantitative estimate of drug-likeness (QED) is 0.734. The van der Waals surface area contributed by atoms with Crippen LogP contribution in [0, 0.1) is 0 Å². The van der Waals surface area contributed by atoms with E-state index in [0.717, 1.165) is 45.1 Å². The van der Waals surface area contributed by atoms with E-state index in [-0.39, 0.29) is 11.6 Å². The third kappa shape index (κ3) is 3.41. The number of ether oxygens (including phenoxy) is 1. The molecule has 1 saturated heterocycles. The van der Waals surface area contributed by atoms with Crippen molar-refractivity contribution in [3.8, 4) is 0 Å². The summed E-state index contributed by atoms with van der Waals surface area (Å²) >= 11 is 0. The van der Waals surface area contributed by atoms with Crippen molar-refractivity contribution in [1.82, 2.24) is 4.90 Å². The number of hydrogen-bond donors (Lipinski definition) is 1. The molecule has 0 bridgehead atoms. The summed E-state index contributed by atoms with van der Waals surface area (Å²) in [6.07, 6.45) is 7.41. The molecule has 2 aliphatic rings. The number of nitrogens with zero attached hydrogens (tertiary/aromatic N) is 1. The van der Waals surface area contributed by atoms with Gasteiger partial charge in [0.1, 0.15) is 5.60 Å². The van der Waals surface area contributed by atoms with Crippen LogP contribution in [0.3, 0.4) is 0 Å². The molecule has 1 heterocycles. The normalized spacial score (nSPS) is 32.4. The Kier molecular flexibility index (Phi) is 4.09. The Morgan fingerprint density at radius 3 is 2.42 bits per heavy atom. The SMILES string of the molecule is CC(C)(C)OC(=O)N1CCCCC12CCC(N)CC2. The first-order valence-corrected chi connectivity index (χ1v) is 7.59. The van der Waals surface area contributed by atoms with Crippen LogP contribution in [0.5, 0.6) is 0 Å². The van der Waals surface area contributed by atoms with E-state index in [2.05, 4.69) is 0 Å². The molecule has 110 valence electrons. The first-order valence-electron chi connectivity index (χ1n) is 7.59. The zero-order chi connectivity index (χ0) is 14.1. The molecule has 0 unspecified atom stereocenters. The molecule has 0 atom stereocenters. The van der Waals surface area contributed by atoms with Crippen LogP contribution in [0.2, 0.25) is 0 Å². The van der Waals surface area contributed by atoms with Gasteiger partial charge in [-0.3, -0.25) is 0 Å². The van der Waals surface area contributed by atoms with Gasteiger partial charge in [-0.05, 0) is 65.7 Å². The number of hydrogen-bond acceptors (Lipinski definition) is 3. The number of amides is 1. The Bertz CT molecular complexity index is 328. The van der Waals surface area contributed by atoms with Crippen LogP contribution in [-0.4, -0.2) is 34.7 Å². The number of carbonyl (C=O) groups is 1. The lowest BCUT2D eigenvalue weighted by molar-refractivity contribution is -0.0287. The summed E-state index contributed by atoms with van der Waals surface area (Å²) in [5.41, 5.74) is 5.62. The molecule has 1 saturated carbocycles. The van der Waals surface area contributed by atoms with E-state index in [1.807, 2.05) is 25.7 Å².